The number of alkyl halides is 1. The molecule has 1 heterocycles. The van der Waals surface area contributed by atoms with Crippen LogP contribution < -0.4 is 0 Å². The molecule has 0 bridgehead atoms. The fraction of sp³-hybridized carbons (Fsp3) is 0.357. The lowest BCUT2D eigenvalue weighted by atomic mass is 9.98. The predicted octanol–water partition coefficient (Wildman–Crippen LogP) is 3.95. The zero-order valence-corrected chi connectivity index (χ0v) is 11.6. The maximum Gasteiger partial charge on any atom is 0.295 e. The summed E-state index contributed by atoms with van der Waals surface area (Å²) in [4.78, 5) is 14.7. The largest absolute Gasteiger partial charge is 0.295 e. The van der Waals surface area contributed by atoms with Gasteiger partial charge in [0.05, 0.1) is 4.92 Å². The average molecular weight is 279 g/mol. The highest BCUT2D eigenvalue weighted by molar-refractivity contribution is 6.21. The first-order chi connectivity index (χ1) is 9.00. The van der Waals surface area contributed by atoms with E-state index in [2.05, 4.69) is 18.8 Å². The van der Waals surface area contributed by atoms with Gasteiger partial charge in [-0.2, -0.15) is 0 Å². The molecule has 0 amide bonds. The molecule has 1 unspecified atom stereocenters. The van der Waals surface area contributed by atoms with Crippen molar-refractivity contribution < 1.29 is 4.92 Å². The summed E-state index contributed by atoms with van der Waals surface area (Å²) in [6, 6.07) is 6.93. The van der Waals surface area contributed by atoms with Crippen LogP contribution in [0.25, 0.3) is 10.9 Å². The van der Waals surface area contributed by atoms with E-state index in [1.54, 1.807) is 18.3 Å². The first-order valence-electron chi connectivity index (χ1n) is 6.15. The molecule has 1 atom stereocenters. The predicted molar refractivity (Wildman–Crippen MR) is 76.6 cm³/mol. The third-order valence-corrected chi connectivity index (χ3v) is 3.83. The normalized spacial score (nSPS) is 12.8. The molecule has 1 aromatic heterocycles. The molecule has 0 aliphatic carbocycles. The van der Waals surface area contributed by atoms with E-state index in [4.69, 9.17) is 11.6 Å². The first kappa shape index (κ1) is 13.7. The average Bonchev–Trinajstić information content (AvgIpc) is 2.38. The molecule has 0 saturated carbocycles. The number of nitro benzene ring substituents is 1. The number of hydrogen-bond donors (Lipinski definition) is 0. The molecule has 2 aromatic rings. The minimum atomic E-state index is -0.403. The van der Waals surface area contributed by atoms with Gasteiger partial charge in [-0.15, -0.1) is 11.6 Å². The second-order valence-electron chi connectivity index (χ2n) is 4.86. The quantitative estimate of drug-likeness (QED) is 0.483. The Bertz CT molecular complexity index is 613. The number of rotatable bonds is 4. The molecule has 0 fully saturated rings. The lowest BCUT2D eigenvalue weighted by Gasteiger charge is -2.14. The fourth-order valence-corrected chi connectivity index (χ4v) is 2.15. The van der Waals surface area contributed by atoms with E-state index in [-0.39, 0.29) is 11.1 Å². The van der Waals surface area contributed by atoms with Gasteiger partial charge in [0.1, 0.15) is 5.52 Å². The number of nitro groups is 1. The van der Waals surface area contributed by atoms with Crippen molar-refractivity contribution >= 4 is 28.2 Å². The summed E-state index contributed by atoms with van der Waals surface area (Å²) < 4.78 is 0. The Morgan fingerprint density at radius 2 is 2.11 bits per heavy atom. The molecular weight excluding hydrogens is 264 g/mol. The van der Waals surface area contributed by atoms with Crippen molar-refractivity contribution in [1.29, 1.82) is 0 Å². The van der Waals surface area contributed by atoms with Crippen LogP contribution >= 0.6 is 11.6 Å². The first-order valence-corrected chi connectivity index (χ1v) is 6.59. The van der Waals surface area contributed by atoms with Crippen LogP contribution in [0.15, 0.2) is 30.5 Å². The van der Waals surface area contributed by atoms with Gasteiger partial charge in [0.2, 0.25) is 0 Å². The number of halogens is 1. The van der Waals surface area contributed by atoms with Gasteiger partial charge in [0, 0.05) is 23.0 Å². The Kier molecular flexibility index (Phi) is 4.00. The topological polar surface area (TPSA) is 56.0 Å². The number of hydrogen-bond acceptors (Lipinski definition) is 3. The highest BCUT2D eigenvalue weighted by Gasteiger charge is 2.18. The summed E-state index contributed by atoms with van der Waals surface area (Å²) in [6.07, 6.45) is 2.25. The lowest BCUT2D eigenvalue weighted by molar-refractivity contribution is -0.383. The molecule has 4 nitrogen and oxygen atoms in total. The lowest BCUT2D eigenvalue weighted by Crippen LogP contribution is -2.11. The fourth-order valence-electron chi connectivity index (χ4n) is 1.99. The van der Waals surface area contributed by atoms with Gasteiger partial charge in [-0.3, -0.25) is 10.1 Å². The molecule has 0 spiro atoms. The summed E-state index contributed by atoms with van der Waals surface area (Å²) in [5.74, 6) is 0.351. The smallest absolute Gasteiger partial charge is 0.258 e. The zero-order valence-electron chi connectivity index (χ0n) is 10.8. The van der Waals surface area contributed by atoms with E-state index in [0.29, 0.717) is 17.9 Å². The van der Waals surface area contributed by atoms with Crippen molar-refractivity contribution in [2.75, 3.05) is 0 Å². The Morgan fingerprint density at radius 3 is 2.74 bits per heavy atom. The third kappa shape index (κ3) is 2.84. The van der Waals surface area contributed by atoms with Crippen molar-refractivity contribution in [1.82, 2.24) is 4.98 Å². The standard InChI is InChI=1S/C14H15ClN2O2/c1-9(2)12(15)8-10-5-6-13(17(18)19)14-11(10)4-3-7-16-14/h3-7,9,12H,8H2,1-2H3. The summed E-state index contributed by atoms with van der Waals surface area (Å²) >= 11 is 6.30. The van der Waals surface area contributed by atoms with Crippen molar-refractivity contribution in [2.24, 2.45) is 5.92 Å². The molecule has 0 radical (unpaired) electrons. The molecule has 100 valence electrons. The summed E-state index contributed by atoms with van der Waals surface area (Å²) in [6.45, 7) is 4.12. The van der Waals surface area contributed by atoms with Gasteiger partial charge in [-0.25, -0.2) is 4.98 Å². The Hall–Kier alpha value is -1.68. The van der Waals surface area contributed by atoms with Crippen LogP contribution in [-0.2, 0) is 6.42 Å². The van der Waals surface area contributed by atoms with E-state index in [9.17, 15) is 10.1 Å². The molecule has 0 aliphatic rings. The molecule has 0 aliphatic heterocycles. The minimum absolute atomic E-state index is 0.00450. The third-order valence-electron chi connectivity index (χ3n) is 3.17. The minimum Gasteiger partial charge on any atom is -0.258 e. The molecule has 1 aromatic carbocycles. The van der Waals surface area contributed by atoms with Crippen LogP contribution in [0.2, 0.25) is 0 Å². The molecule has 2 rings (SSSR count). The van der Waals surface area contributed by atoms with E-state index in [1.165, 1.54) is 6.07 Å². The van der Waals surface area contributed by atoms with Crippen LogP contribution in [0.3, 0.4) is 0 Å². The number of non-ortho nitro benzene ring substituents is 1. The number of benzene rings is 1. The Balaban J connectivity index is 2.53. The van der Waals surface area contributed by atoms with Crippen molar-refractivity contribution in [3.63, 3.8) is 0 Å². The Morgan fingerprint density at radius 1 is 1.37 bits per heavy atom. The monoisotopic (exact) mass is 278 g/mol. The SMILES string of the molecule is CC(C)C(Cl)Cc1ccc([N+](=O)[O-])c2ncccc12. The second-order valence-corrected chi connectivity index (χ2v) is 5.43. The van der Waals surface area contributed by atoms with Gasteiger partial charge >= 0.3 is 0 Å². The maximum absolute atomic E-state index is 11.0. The zero-order chi connectivity index (χ0) is 14.0. The van der Waals surface area contributed by atoms with E-state index in [1.807, 2.05) is 6.07 Å². The van der Waals surface area contributed by atoms with Gasteiger partial charge < -0.3 is 0 Å². The van der Waals surface area contributed by atoms with Gasteiger partial charge in [0.15, 0.2) is 0 Å². The number of nitrogens with zero attached hydrogens (tertiary/aromatic N) is 2. The van der Waals surface area contributed by atoms with Crippen LogP contribution in [0, 0.1) is 16.0 Å². The van der Waals surface area contributed by atoms with Crippen LogP contribution in [0.1, 0.15) is 19.4 Å². The molecule has 5 heteroatoms. The van der Waals surface area contributed by atoms with Crippen molar-refractivity contribution in [2.45, 2.75) is 25.6 Å². The van der Waals surface area contributed by atoms with Crippen molar-refractivity contribution in [3.05, 3.63) is 46.1 Å². The van der Waals surface area contributed by atoms with Gasteiger partial charge in [-0.05, 0) is 24.0 Å². The number of pyridine rings is 1. The van der Waals surface area contributed by atoms with Crippen LogP contribution in [0.5, 0.6) is 0 Å². The molecule has 19 heavy (non-hydrogen) atoms. The maximum atomic E-state index is 11.0. The summed E-state index contributed by atoms with van der Waals surface area (Å²) in [7, 11) is 0. The highest BCUT2D eigenvalue weighted by Crippen LogP contribution is 2.28. The molecule has 0 saturated heterocycles. The second kappa shape index (κ2) is 5.53. The number of aromatic nitrogens is 1. The van der Waals surface area contributed by atoms with Gasteiger partial charge in [0.25, 0.3) is 5.69 Å². The van der Waals surface area contributed by atoms with E-state index < -0.39 is 4.92 Å². The number of fused-ring (bicyclic) bond motifs is 1. The van der Waals surface area contributed by atoms with E-state index in [0.717, 1.165) is 10.9 Å². The van der Waals surface area contributed by atoms with Crippen LogP contribution in [0.4, 0.5) is 5.69 Å². The molecule has 0 N–H and O–H groups in total. The van der Waals surface area contributed by atoms with E-state index >= 15 is 0 Å². The van der Waals surface area contributed by atoms with Crippen LogP contribution in [-0.4, -0.2) is 15.3 Å². The van der Waals surface area contributed by atoms with Crippen molar-refractivity contribution in [3.8, 4) is 0 Å². The van der Waals surface area contributed by atoms with Gasteiger partial charge in [-0.1, -0.05) is 26.0 Å². The molecular formula is C14H15ClN2O2. The highest BCUT2D eigenvalue weighted by atomic mass is 35.5. The summed E-state index contributed by atoms with van der Waals surface area (Å²) in [5, 5.41) is 11.8. The Labute approximate surface area is 116 Å². The summed E-state index contributed by atoms with van der Waals surface area (Å²) in [5.41, 5.74) is 1.47.